The zero-order valence-corrected chi connectivity index (χ0v) is 19.5. The highest BCUT2D eigenvalue weighted by Gasteiger charge is 2.34. The van der Waals surface area contributed by atoms with Crippen molar-refractivity contribution in [3.8, 4) is 0 Å². The number of nitrogens with zero attached hydrogens (tertiary/aromatic N) is 1. The number of benzene rings is 2. The quantitative estimate of drug-likeness (QED) is 0.300. The fourth-order valence-corrected chi connectivity index (χ4v) is 4.99. The molecule has 1 N–H and O–H groups in total. The van der Waals surface area contributed by atoms with Crippen molar-refractivity contribution in [2.75, 3.05) is 4.31 Å². The van der Waals surface area contributed by atoms with Gasteiger partial charge in [-0.15, -0.1) is 11.3 Å². The molecule has 172 valence electrons. The van der Waals surface area contributed by atoms with Crippen LogP contribution in [0.1, 0.15) is 37.5 Å². The fourth-order valence-electron chi connectivity index (χ4n) is 2.99. The van der Waals surface area contributed by atoms with E-state index in [2.05, 4.69) is 4.72 Å². The third-order valence-corrected chi connectivity index (χ3v) is 6.55. The SMILES string of the molecule is Cc1c(N(Cc2ccc(F)c(C(F)(F)F)c2)SNC(=O)OC(C)(C)C)sc2ccccc12. The van der Waals surface area contributed by atoms with Crippen LogP contribution in [0.4, 0.5) is 27.4 Å². The Labute approximate surface area is 191 Å². The summed E-state index contributed by atoms with van der Waals surface area (Å²) in [4.78, 5) is 12.2. The Morgan fingerprint density at radius 2 is 1.84 bits per heavy atom. The first kappa shape index (κ1) is 24.2. The van der Waals surface area contributed by atoms with Gasteiger partial charge in [-0.2, -0.15) is 13.2 Å². The van der Waals surface area contributed by atoms with E-state index in [9.17, 15) is 22.4 Å². The van der Waals surface area contributed by atoms with Crippen LogP contribution >= 0.6 is 23.5 Å². The van der Waals surface area contributed by atoms with Gasteiger partial charge in [0.15, 0.2) is 0 Å². The third-order valence-electron chi connectivity index (χ3n) is 4.35. The van der Waals surface area contributed by atoms with Crippen LogP contribution in [-0.4, -0.2) is 11.7 Å². The zero-order valence-electron chi connectivity index (χ0n) is 17.8. The van der Waals surface area contributed by atoms with Crippen LogP contribution in [0.2, 0.25) is 0 Å². The van der Waals surface area contributed by atoms with Gasteiger partial charge in [-0.1, -0.05) is 24.3 Å². The molecule has 0 aliphatic rings. The molecule has 32 heavy (non-hydrogen) atoms. The highest BCUT2D eigenvalue weighted by molar-refractivity contribution is 7.99. The number of carbonyl (C=O) groups excluding carboxylic acids is 1. The molecule has 3 rings (SSSR count). The number of alkyl halides is 3. The van der Waals surface area contributed by atoms with Gasteiger partial charge in [0, 0.05) is 4.70 Å². The van der Waals surface area contributed by atoms with Crippen LogP contribution in [0.5, 0.6) is 0 Å². The molecule has 10 heteroatoms. The van der Waals surface area contributed by atoms with E-state index in [1.54, 1.807) is 25.1 Å². The van der Waals surface area contributed by atoms with Gasteiger partial charge in [-0.3, -0.25) is 4.31 Å². The van der Waals surface area contributed by atoms with E-state index >= 15 is 0 Å². The van der Waals surface area contributed by atoms with Crippen molar-refractivity contribution in [2.24, 2.45) is 0 Å². The summed E-state index contributed by atoms with van der Waals surface area (Å²) < 4.78 is 63.7. The summed E-state index contributed by atoms with van der Waals surface area (Å²) in [7, 11) is 0. The number of hydrogen-bond acceptors (Lipinski definition) is 5. The second kappa shape index (κ2) is 9.19. The molecule has 4 nitrogen and oxygen atoms in total. The monoisotopic (exact) mass is 486 g/mol. The van der Waals surface area contributed by atoms with Crippen molar-refractivity contribution in [1.82, 2.24) is 4.72 Å². The Balaban J connectivity index is 1.94. The first-order valence-corrected chi connectivity index (χ1v) is 11.2. The first-order chi connectivity index (χ1) is 14.8. The van der Waals surface area contributed by atoms with Crippen LogP contribution in [0.25, 0.3) is 10.1 Å². The second-order valence-electron chi connectivity index (χ2n) is 8.07. The van der Waals surface area contributed by atoms with E-state index in [1.165, 1.54) is 17.4 Å². The van der Waals surface area contributed by atoms with Gasteiger partial charge in [-0.25, -0.2) is 13.9 Å². The first-order valence-electron chi connectivity index (χ1n) is 9.62. The maximum atomic E-state index is 13.7. The lowest BCUT2D eigenvalue weighted by Crippen LogP contribution is -2.31. The van der Waals surface area contributed by atoms with E-state index < -0.39 is 29.3 Å². The van der Waals surface area contributed by atoms with Crippen LogP contribution in [0.3, 0.4) is 0 Å². The summed E-state index contributed by atoms with van der Waals surface area (Å²) in [6, 6.07) is 10.6. The highest BCUT2D eigenvalue weighted by atomic mass is 32.2. The molecule has 0 bridgehead atoms. The number of hydrogen-bond donors (Lipinski definition) is 1. The lowest BCUT2D eigenvalue weighted by molar-refractivity contribution is -0.140. The summed E-state index contributed by atoms with van der Waals surface area (Å²) in [5, 5.41) is 1.76. The van der Waals surface area contributed by atoms with E-state index in [-0.39, 0.29) is 12.1 Å². The number of anilines is 1. The van der Waals surface area contributed by atoms with Crippen molar-refractivity contribution in [1.29, 1.82) is 0 Å². The smallest absolute Gasteiger partial charge is 0.419 e. The molecule has 1 heterocycles. The minimum absolute atomic E-state index is 0.00249. The number of aryl methyl sites for hydroxylation is 1. The predicted molar refractivity (Wildman–Crippen MR) is 121 cm³/mol. The van der Waals surface area contributed by atoms with Gasteiger partial charge < -0.3 is 4.74 Å². The number of ether oxygens (including phenoxy) is 1. The average molecular weight is 487 g/mol. The Bertz CT molecular complexity index is 1120. The van der Waals surface area contributed by atoms with E-state index in [0.717, 1.165) is 44.9 Å². The minimum atomic E-state index is -4.81. The van der Waals surface area contributed by atoms with Gasteiger partial charge in [-0.05, 0) is 62.4 Å². The molecule has 1 amide bonds. The second-order valence-corrected chi connectivity index (χ2v) is 9.93. The molecule has 0 radical (unpaired) electrons. The van der Waals surface area contributed by atoms with Crippen molar-refractivity contribution in [2.45, 2.75) is 46.0 Å². The molecule has 0 aliphatic carbocycles. The average Bonchev–Trinajstić information content (AvgIpc) is 3.01. The number of thiophene rings is 1. The molecule has 0 saturated heterocycles. The Morgan fingerprint density at radius 1 is 1.16 bits per heavy atom. The third kappa shape index (κ3) is 5.86. The number of fused-ring (bicyclic) bond motifs is 1. The zero-order chi connectivity index (χ0) is 23.7. The lowest BCUT2D eigenvalue weighted by atomic mass is 10.1. The number of nitrogens with one attached hydrogen (secondary N) is 1. The standard InChI is InChI=1S/C22H22F4N2O2S2/c1-13-15-7-5-6-8-18(15)31-19(13)28(32-27-20(29)30-21(2,3)4)12-14-9-10-17(23)16(11-14)22(24,25)26/h5-11H,12H2,1-4H3,(H,27,29). The Hall–Kier alpha value is -2.46. The summed E-state index contributed by atoms with van der Waals surface area (Å²) in [6.07, 6.45) is -5.48. The van der Waals surface area contributed by atoms with Crippen molar-refractivity contribution >= 4 is 44.7 Å². The maximum absolute atomic E-state index is 13.7. The van der Waals surface area contributed by atoms with Crippen LogP contribution in [0.15, 0.2) is 42.5 Å². The van der Waals surface area contributed by atoms with Gasteiger partial charge in [0.05, 0.1) is 24.2 Å². The summed E-state index contributed by atoms with van der Waals surface area (Å²) in [5.74, 6) is -1.33. The number of amides is 1. The summed E-state index contributed by atoms with van der Waals surface area (Å²) in [5.41, 5.74) is -0.869. The van der Waals surface area contributed by atoms with Gasteiger partial charge >= 0.3 is 12.3 Å². The molecule has 3 aromatic rings. The predicted octanol–water partition coefficient (Wildman–Crippen LogP) is 7.46. The molecule has 1 aromatic heterocycles. The molecular formula is C22H22F4N2O2S2. The van der Waals surface area contributed by atoms with Gasteiger partial charge in [0.25, 0.3) is 0 Å². The lowest BCUT2D eigenvalue weighted by Gasteiger charge is -2.25. The van der Waals surface area contributed by atoms with Gasteiger partial charge in [0.1, 0.15) is 16.4 Å². The van der Waals surface area contributed by atoms with E-state index in [4.69, 9.17) is 4.74 Å². The molecule has 0 aliphatic heterocycles. The maximum Gasteiger partial charge on any atom is 0.419 e. The molecule has 0 unspecified atom stereocenters. The Kier molecular flexibility index (Phi) is 6.94. The largest absolute Gasteiger partial charge is 0.443 e. The number of halogens is 4. The van der Waals surface area contributed by atoms with Crippen molar-refractivity contribution in [3.05, 3.63) is 65.0 Å². The molecule has 0 spiro atoms. The van der Waals surface area contributed by atoms with E-state index in [1.807, 2.05) is 31.2 Å². The molecule has 0 atom stereocenters. The highest BCUT2D eigenvalue weighted by Crippen LogP contribution is 2.41. The molecular weight excluding hydrogens is 464 g/mol. The summed E-state index contributed by atoms with van der Waals surface area (Å²) >= 11 is 2.36. The number of carbonyl (C=O) groups is 1. The van der Waals surface area contributed by atoms with Gasteiger partial charge in [0.2, 0.25) is 0 Å². The van der Waals surface area contributed by atoms with Crippen molar-refractivity contribution in [3.63, 3.8) is 0 Å². The molecule has 0 saturated carbocycles. The molecule has 0 fully saturated rings. The van der Waals surface area contributed by atoms with Crippen LogP contribution in [-0.2, 0) is 17.5 Å². The topological polar surface area (TPSA) is 41.6 Å². The summed E-state index contributed by atoms with van der Waals surface area (Å²) in [6.45, 7) is 7.07. The minimum Gasteiger partial charge on any atom is -0.443 e. The number of rotatable bonds is 5. The van der Waals surface area contributed by atoms with Crippen molar-refractivity contribution < 1.29 is 27.1 Å². The molecule has 2 aromatic carbocycles. The fraction of sp³-hybridized carbons (Fsp3) is 0.318. The Morgan fingerprint density at radius 3 is 2.47 bits per heavy atom. The van der Waals surface area contributed by atoms with Crippen LogP contribution < -0.4 is 9.03 Å². The van der Waals surface area contributed by atoms with E-state index in [0.29, 0.717) is 0 Å². The van der Waals surface area contributed by atoms with Crippen LogP contribution in [0, 0.1) is 12.7 Å². The normalized spacial score (nSPS) is 12.1.